The summed E-state index contributed by atoms with van der Waals surface area (Å²) in [6, 6.07) is 33.5. The zero-order valence-corrected chi connectivity index (χ0v) is 24.0. The molecule has 0 atom stereocenters. The minimum atomic E-state index is 0.244. The molecule has 0 saturated heterocycles. The highest BCUT2D eigenvalue weighted by Gasteiger charge is 2.16. The molecule has 2 heterocycles. The summed E-state index contributed by atoms with van der Waals surface area (Å²) in [6.07, 6.45) is 1.84. The maximum absolute atomic E-state index is 10.5. The Labute approximate surface area is 239 Å². The number of thiazole rings is 1. The molecule has 2 aromatic heterocycles. The van der Waals surface area contributed by atoms with Gasteiger partial charge in [0.25, 0.3) is 0 Å². The zero-order valence-electron chi connectivity index (χ0n) is 23.2. The monoisotopic (exact) mass is 540 g/mol. The van der Waals surface area contributed by atoms with Crippen molar-refractivity contribution in [2.75, 3.05) is 0 Å². The van der Waals surface area contributed by atoms with E-state index in [1.54, 1.807) is 17.4 Å². The maximum Gasteiger partial charge on any atom is 0.128 e. The van der Waals surface area contributed by atoms with Crippen LogP contribution in [0.5, 0.6) is 5.75 Å². The molecule has 4 aromatic carbocycles. The van der Waals surface area contributed by atoms with Crippen molar-refractivity contribution in [2.45, 2.75) is 39.5 Å². The highest BCUT2D eigenvalue weighted by Crippen LogP contribution is 2.41. The van der Waals surface area contributed by atoms with Gasteiger partial charge in [-0.2, -0.15) is 0 Å². The van der Waals surface area contributed by atoms with E-state index in [0.29, 0.717) is 11.8 Å². The van der Waals surface area contributed by atoms with E-state index in [0.717, 1.165) is 48.7 Å². The molecule has 1 N–H and O–H groups in total. The fraction of sp³-hybridized carbons (Fsp3) is 0.167. The molecule has 0 radical (unpaired) electrons. The van der Waals surface area contributed by atoms with E-state index in [4.69, 9.17) is 4.98 Å². The minimum absolute atomic E-state index is 0.244. The molecule has 4 heteroatoms. The predicted octanol–water partition coefficient (Wildman–Crippen LogP) is 10.3. The van der Waals surface area contributed by atoms with E-state index in [1.807, 2.05) is 36.5 Å². The van der Waals surface area contributed by atoms with Crippen LogP contribution in [0.3, 0.4) is 0 Å². The van der Waals surface area contributed by atoms with E-state index in [9.17, 15) is 5.11 Å². The Morgan fingerprint density at radius 1 is 0.625 bits per heavy atom. The molecular formula is C36H32N2OS. The molecule has 3 nitrogen and oxygen atoms in total. The molecule has 0 amide bonds. The number of fused-ring (bicyclic) bond motifs is 1. The molecule has 0 fully saturated rings. The number of benzene rings is 4. The molecule has 0 spiro atoms. The Hall–Kier alpha value is -4.28. The van der Waals surface area contributed by atoms with Gasteiger partial charge in [0.05, 0.1) is 21.5 Å². The van der Waals surface area contributed by atoms with Crippen LogP contribution in [0.4, 0.5) is 0 Å². The lowest BCUT2D eigenvalue weighted by molar-refractivity contribution is 0.477. The third-order valence-corrected chi connectivity index (χ3v) is 8.46. The van der Waals surface area contributed by atoms with Crippen LogP contribution in [0.25, 0.3) is 54.3 Å². The molecular weight excluding hydrogens is 508 g/mol. The second-order valence-electron chi connectivity index (χ2n) is 10.9. The summed E-state index contributed by atoms with van der Waals surface area (Å²) in [4.78, 5) is 9.73. The molecule has 6 rings (SSSR count). The number of para-hydroxylation sites is 2. The Bertz CT molecular complexity index is 1790. The van der Waals surface area contributed by atoms with Gasteiger partial charge in [0.1, 0.15) is 10.8 Å². The maximum atomic E-state index is 10.5. The van der Waals surface area contributed by atoms with Gasteiger partial charge < -0.3 is 5.11 Å². The second kappa shape index (κ2) is 10.7. The Kier molecular flexibility index (Phi) is 6.95. The number of aromatic hydroxyl groups is 1. The van der Waals surface area contributed by atoms with Crippen LogP contribution in [0.2, 0.25) is 0 Å². The lowest BCUT2D eigenvalue weighted by atomic mass is 9.89. The normalized spacial score (nSPS) is 11.6. The summed E-state index contributed by atoms with van der Waals surface area (Å²) in [5.74, 6) is 1.12. The third-order valence-electron chi connectivity index (χ3n) is 7.40. The first-order valence-corrected chi connectivity index (χ1v) is 14.6. The van der Waals surface area contributed by atoms with E-state index < -0.39 is 0 Å². The SMILES string of the molecule is CC(C)c1cc(-c2cc(-c3ccccn3)cc(-c3cccc4sc(-c5ccccc5O)nc34)c2)cc(C(C)C)c1. The number of rotatable bonds is 6. The topological polar surface area (TPSA) is 46.0 Å². The minimum Gasteiger partial charge on any atom is -0.507 e. The summed E-state index contributed by atoms with van der Waals surface area (Å²) in [6.45, 7) is 9.02. The molecule has 0 aliphatic carbocycles. The van der Waals surface area contributed by atoms with Gasteiger partial charge in [0.2, 0.25) is 0 Å². The highest BCUT2D eigenvalue weighted by molar-refractivity contribution is 7.21. The first-order chi connectivity index (χ1) is 19.4. The average molecular weight is 541 g/mol. The van der Waals surface area contributed by atoms with Crippen molar-refractivity contribution in [3.63, 3.8) is 0 Å². The van der Waals surface area contributed by atoms with Gasteiger partial charge in [-0.15, -0.1) is 11.3 Å². The van der Waals surface area contributed by atoms with Crippen LogP contribution in [0.1, 0.15) is 50.7 Å². The number of hydrogen-bond acceptors (Lipinski definition) is 4. The van der Waals surface area contributed by atoms with Crippen LogP contribution in [-0.2, 0) is 0 Å². The molecule has 0 bridgehead atoms. The Morgan fingerprint density at radius 2 is 1.27 bits per heavy atom. The predicted molar refractivity (Wildman–Crippen MR) is 169 cm³/mol. The van der Waals surface area contributed by atoms with Crippen molar-refractivity contribution in [3.8, 4) is 49.8 Å². The van der Waals surface area contributed by atoms with E-state index in [2.05, 4.69) is 93.3 Å². The number of hydrogen-bond donors (Lipinski definition) is 1. The molecule has 40 heavy (non-hydrogen) atoms. The molecule has 0 unspecified atom stereocenters. The zero-order chi connectivity index (χ0) is 27.8. The van der Waals surface area contributed by atoms with Gasteiger partial charge in [-0.05, 0) is 88.2 Å². The molecule has 6 aromatic rings. The summed E-state index contributed by atoms with van der Waals surface area (Å²) in [5.41, 5.74) is 10.9. The number of pyridine rings is 1. The van der Waals surface area contributed by atoms with Crippen LogP contribution >= 0.6 is 11.3 Å². The third kappa shape index (κ3) is 5.03. The van der Waals surface area contributed by atoms with Crippen LogP contribution in [0.15, 0.2) is 103 Å². The van der Waals surface area contributed by atoms with Gasteiger partial charge in [0.15, 0.2) is 0 Å². The fourth-order valence-electron chi connectivity index (χ4n) is 5.09. The first kappa shape index (κ1) is 26.0. The van der Waals surface area contributed by atoms with Crippen molar-refractivity contribution in [1.29, 1.82) is 0 Å². The second-order valence-corrected chi connectivity index (χ2v) is 11.9. The van der Waals surface area contributed by atoms with E-state index in [-0.39, 0.29) is 5.75 Å². The van der Waals surface area contributed by atoms with Gasteiger partial charge in [-0.3, -0.25) is 4.98 Å². The average Bonchev–Trinajstić information content (AvgIpc) is 3.41. The van der Waals surface area contributed by atoms with E-state index >= 15 is 0 Å². The standard InChI is InChI=1S/C36H32N2OS/c1-22(2)24-16-25(23(3)4)18-26(17-24)27-19-28(21-29(20-27)32-12-7-8-15-37-32)30-11-9-14-34-35(30)38-36(40-34)31-10-5-6-13-33(31)39/h5-23,39H,1-4H3. The smallest absolute Gasteiger partial charge is 0.128 e. The van der Waals surface area contributed by atoms with Crippen LogP contribution < -0.4 is 0 Å². The molecule has 198 valence electrons. The van der Waals surface area contributed by atoms with Gasteiger partial charge in [-0.1, -0.05) is 76.2 Å². The lowest BCUT2D eigenvalue weighted by Gasteiger charge is -2.16. The molecule has 0 saturated carbocycles. The van der Waals surface area contributed by atoms with Crippen molar-refractivity contribution in [3.05, 3.63) is 114 Å². The van der Waals surface area contributed by atoms with Crippen LogP contribution in [-0.4, -0.2) is 15.1 Å². The summed E-state index contributed by atoms with van der Waals surface area (Å²) >= 11 is 1.60. The summed E-state index contributed by atoms with van der Waals surface area (Å²) in [7, 11) is 0. The highest BCUT2D eigenvalue weighted by atomic mass is 32.1. The van der Waals surface area contributed by atoms with Crippen molar-refractivity contribution in [2.24, 2.45) is 0 Å². The number of aromatic nitrogens is 2. The number of phenols is 1. The van der Waals surface area contributed by atoms with Gasteiger partial charge in [-0.25, -0.2) is 4.98 Å². The quantitative estimate of drug-likeness (QED) is 0.229. The van der Waals surface area contributed by atoms with Crippen LogP contribution in [0, 0.1) is 0 Å². The molecule has 0 aliphatic heterocycles. The fourth-order valence-corrected chi connectivity index (χ4v) is 6.12. The number of nitrogens with zero attached hydrogens (tertiary/aromatic N) is 2. The number of phenolic OH excluding ortho intramolecular Hbond substituents is 1. The Balaban J connectivity index is 1.58. The van der Waals surface area contributed by atoms with Crippen molar-refractivity contribution >= 4 is 21.6 Å². The van der Waals surface area contributed by atoms with Gasteiger partial charge in [0, 0.05) is 17.3 Å². The summed E-state index contributed by atoms with van der Waals surface area (Å²) in [5, 5.41) is 11.3. The molecule has 0 aliphatic rings. The first-order valence-electron chi connectivity index (χ1n) is 13.8. The Morgan fingerprint density at radius 3 is 1.98 bits per heavy atom. The van der Waals surface area contributed by atoms with Gasteiger partial charge >= 0.3 is 0 Å². The lowest BCUT2D eigenvalue weighted by Crippen LogP contribution is -1.96. The van der Waals surface area contributed by atoms with E-state index in [1.165, 1.54) is 16.7 Å². The summed E-state index contributed by atoms with van der Waals surface area (Å²) < 4.78 is 1.09. The largest absolute Gasteiger partial charge is 0.507 e. The van der Waals surface area contributed by atoms with Crippen molar-refractivity contribution < 1.29 is 5.11 Å². The van der Waals surface area contributed by atoms with Crippen molar-refractivity contribution in [1.82, 2.24) is 9.97 Å².